The van der Waals surface area contributed by atoms with Crippen LogP contribution < -0.4 is 9.64 Å². The Morgan fingerprint density at radius 2 is 1.60 bits per heavy atom. The van der Waals surface area contributed by atoms with Crippen LogP contribution in [0.3, 0.4) is 0 Å². The van der Waals surface area contributed by atoms with E-state index < -0.39 is 22.4 Å². The molecule has 0 saturated carbocycles. The van der Waals surface area contributed by atoms with Gasteiger partial charge < -0.3 is 14.5 Å². The average Bonchev–Trinajstić information content (AvgIpc) is 2.87. The lowest BCUT2D eigenvalue weighted by Gasteiger charge is -2.36. The molecule has 0 radical (unpaired) electrons. The van der Waals surface area contributed by atoms with E-state index >= 15 is 0 Å². The molecule has 0 spiro atoms. The quantitative estimate of drug-likeness (QED) is 0.356. The number of rotatable bonds is 6. The Labute approximate surface area is 199 Å². The number of benzene rings is 3. The van der Waals surface area contributed by atoms with E-state index in [-0.39, 0.29) is 37.8 Å². The number of carbonyl (C=O) groups is 1. The number of para-hydroxylation sites is 1. The van der Waals surface area contributed by atoms with Crippen LogP contribution in [0.15, 0.2) is 72.8 Å². The van der Waals surface area contributed by atoms with Gasteiger partial charge in [-0.15, -0.1) is 0 Å². The van der Waals surface area contributed by atoms with Gasteiger partial charge in [0.1, 0.15) is 18.0 Å². The van der Waals surface area contributed by atoms with Gasteiger partial charge in [0.05, 0.1) is 10.5 Å². The van der Waals surface area contributed by atoms with Gasteiger partial charge in [0.25, 0.3) is 11.6 Å². The van der Waals surface area contributed by atoms with Crippen LogP contribution in [0, 0.1) is 10.1 Å². The second-order valence-electron chi connectivity index (χ2n) is 8.04. The zero-order chi connectivity index (χ0) is 25.0. The van der Waals surface area contributed by atoms with Crippen molar-refractivity contribution in [2.45, 2.75) is 12.8 Å². The number of alkyl halides is 3. The first-order valence-corrected chi connectivity index (χ1v) is 10.9. The normalized spacial score (nSPS) is 14.0. The lowest BCUT2D eigenvalue weighted by atomic mass is 10.1. The molecule has 0 unspecified atom stereocenters. The van der Waals surface area contributed by atoms with Crippen LogP contribution >= 0.6 is 0 Å². The molecule has 35 heavy (non-hydrogen) atoms. The third-order valence-corrected chi connectivity index (χ3v) is 5.76. The summed E-state index contributed by atoms with van der Waals surface area (Å²) in [5, 5.41) is 11.4. The fourth-order valence-corrected chi connectivity index (χ4v) is 3.87. The van der Waals surface area contributed by atoms with Crippen molar-refractivity contribution in [1.82, 2.24) is 4.90 Å². The fourth-order valence-electron chi connectivity index (χ4n) is 3.87. The highest BCUT2D eigenvalue weighted by Crippen LogP contribution is 2.36. The fraction of sp³-hybridized carbons (Fsp3) is 0.240. The van der Waals surface area contributed by atoms with Crippen molar-refractivity contribution in [3.8, 4) is 5.75 Å². The van der Waals surface area contributed by atoms with Crippen LogP contribution in [-0.4, -0.2) is 41.9 Å². The summed E-state index contributed by atoms with van der Waals surface area (Å²) in [4.78, 5) is 26.7. The van der Waals surface area contributed by atoms with E-state index in [0.717, 1.165) is 23.4 Å². The minimum absolute atomic E-state index is 0.109. The van der Waals surface area contributed by atoms with Gasteiger partial charge in [0, 0.05) is 37.8 Å². The number of anilines is 1. The van der Waals surface area contributed by atoms with Gasteiger partial charge >= 0.3 is 6.18 Å². The summed E-state index contributed by atoms with van der Waals surface area (Å²) >= 11 is 0. The van der Waals surface area contributed by atoms with Crippen molar-refractivity contribution < 1.29 is 27.6 Å². The molecule has 4 rings (SSSR count). The molecule has 182 valence electrons. The predicted octanol–water partition coefficient (Wildman–Crippen LogP) is 5.16. The number of amides is 1. The van der Waals surface area contributed by atoms with Crippen molar-refractivity contribution in [2.24, 2.45) is 0 Å². The van der Waals surface area contributed by atoms with Gasteiger partial charge in [-0.25, -0.2) is 0 Å². The second-order valence-corrected chi connectivity index (χ2v) is 8.04. The molecular weight excluding hydrogens is 463 g/mol. The third kappa shape index (κ3) is 5.71. The number of hydrogen-bond donors (Lipinski definition) is 0. The Morgan fingerprint density at radius 1 is 0.943 bits per heavy atom. The maximum atomic E-state index is 13.0. The van der Waals surface area contributed by atoms with E-state index in [9.17, 15) is 28.1 Å². The van der Waals surface area contributed by atoms with Crippen LogP contribution in [0.5, 0.6) is 5.75 Å². The first-order valence-electron chi connectivity index (χ1n) is 10.9. The monoisotopic (exact) mass is 485 g/mol. The summed E-state index contributed by atoms with van der Waals surface area (Å²) < 4.78 is 44.6. The van der Waals surface area contributed by atoms with E-state index in [0.29, 0.717) is 18.2 Å². The lowest BCUT2D eigenvalue weighted by molar-refractivity contribution is -0.384. The first kappa shape index (κ1) is 24.1. The molecule has 0 bridgehead atoms. The molecule has 1 fully saturated rings. The molecule has 10 heteroatoms. The summed E-state index contributed by atoms with van der Waals surface area (Å²) in [7, 11) is 0. The molecule has 1 saturated heterocycles. The van der Waals surface area contributed by atoms with Crippen LogP contribution in [0.2, 0.25) is 0 Å². The molecule has 0 aliphatic carbocycles. The van der Waals surface area contributed by atoms with Gasteiger partial charge in [-0.05, 0) is 42.0 Å². The minimum Gasteiger partial charge on any atom is -0.489 e. The third-order valence-electron chi connectivity index (χ3n) is 5.76. The van der Waals surface area contributed by atoms with Gasteiger partial charge in [0.2, 0.25) is 0 Å². The molecule has 0 aromatic heterocycles. The molecule has 3 aromatic carbocycles. The first-order chi connectivity index (χ1) is 16.7. The number of ether oxygens (including phenoxy) is 1. The predicted molar refractivity (Wildman–Crippen MR) is 123 cm³/mol. The van der Waals surface area contributed by atoms with Crippen molar-refractivity contribution in [3.63, 3.8) is 0 Å². The lowest BCUT2D eigenvalue weighted by Crippen LogP contribution is -2.49. The highest BCUT2D eigenvalue weighted by Gasteiger charge is 2.34. The van der Waals surface area contributed by atoms with Gasteiger partial charge in [-0.2, -0.15) is 13.2 Å². The van der Waals surface area contributed by atoms with E-state index in [1.54, 1.807) is 21.9 Å². The van der Waals surface area contributed by atoms with Crippen molar-refractivity contribution in [2.75, 3.05) is 31.1 Å². The summed E-state index contributed by atoms with van der Waals surface area (Å²) in [6.07, 6.45) is -4.67. The maximum absolute atomic E-state index is 13.0. The second kappa shape index (κ2) is 10.0. The van der Waals surface area contributed by atoms with Crippen molar-refractivity contribution in [3.05, 3.63) is 99.6 Å². The Kier molecular flexibility index (Phi) is 6.90. The summed E-state index contributed by atoms with van der Waals surface area (Å²) in [5.74, 6) is 0.570. The Hall–Kier alpha value is -4.08. The van der Waals surface area contributed by atoms with Gasteiger partial charge in [0.15, 0.2) is 0 Å². The molecule has 1 aliphatic rings. The minimum atomic E-state index is -4.67. The molecule has 7 nitrogen and oxygen atoms in total. The largest absolute Gasteiger partial charge is 0.489 e. The van der Waals surface area contributed by atoms with E-state index in [1.165, 1.54) is 0 Å². The summed E-state index contributed by atoms with van der Waals surface area (Å²) in [6.45, 7) is 1.47. The van der Waals surface area contributed by atoms with Gasteiger partial charge in [-0.3, -0.25) is 14.9 Å². The maximum Gasteiger partial charge on any atom is 0.416 e. The Balaban J connectivity index is 1.37. The SMILES string of the molecule is O=C(c1ccc(COc2ccccc2)cc1)N1CCN(c2ccc(C(F)(F)F)cc2[N+](=O)[O-])CC1. The Morgan fingerprint density at radius 3 is 2.20 bits per heavy atom. The van der Waals surface area contributed by atoms with Crippen molar-refractivity contribution in [1.29, 1.82) is 0 Å². The number of piperazine rings is 1. The summed E-state index contributed by atoms with van der Waals surface area (Å²) in [6, 6.07) is 19.0. The molecule has 1 amide bonds. The molecule has 0 atom stereocenters. The van der Waals surface area contributed by atoms with E-state index in [2.05, 4.69) is 0 Å². The number of halogens is 3. The molecule has 1 aliphatic heterocycles. The van der Waals surface area contributed by atoms with Crippen LogP contribution in [-0.2, 0) is 12.8 Å². The smallest absolute Gasteiger partial charge is 0.416 e. The molecule has 0 N–H and O–H groups in total. The number of nitrogens with zero attached hydrogens (tertiary/aromatic N) is 3. The average molecular weight is 485 g/mol. The summed E-state index contributed by atoms with van der Waals surface area (Å²) in [5.41, 5.74) is -0.155. The van der Waals surface area contributed by atoms with Crippen LogP contribution in [0.4, 0.5) is 24.5 Å². The number of hydrogen-bond acceptors (Lipinski definition) is 5. The molecular formula is C25H22F3N3O4. The number of nitro groups is 1. The Bertz CT molecular complexity index is 1190. The topological polar surface area (TPSA) is 75.9 Å². The standard InChI is InChI=1S/C25H22F3N3O4/c26-25(27,28)20-10-11-22(23(16-20)31(33)34)29-12-14-30(15-13-29)24(32)19-8-6-18(7-9-19)17-35-21-4-2-1-3-5-21/h1-11,16H,12-15,17H2. The van der Waals surface area contributed by atoms with Crippen LogP contribution in [0.1, 0.15) is 21.5 Å². The van der Waals surface area contributed by atoms with Gasteiger partial charge in [-0.1, -0.05) is 30.3 Å². The number of carbonyl (C=O) groups excluding carboxylic acids is 1. The highest BCUT2D eigenvalue weighted by molar-refractivity contribution is 5.94. The van der Waals surface area contributed by atoms with E-state index in [1.807, 2.05) is 42.5 Å². The molecule has 3 aromatic rings. The highest BCUT2D eigenvalue weighted by atomic mass is 19.4. The van der Waals surface area contributed by atoms with Crippen LogP contribution in [0.25, 0.3) is 0 Å². The zero-order valence-corrected chi connectivity index (χ0v) is 18.6. The van der Waals surface area contributed by atoms with Crippen molar-refractivity contribution >= 4 is 17.3 Å². The zero-order valence-electron chi connectivity index (χ0n) is 18.6. The van der Waals surface area contributed by atoms with E-state index in [4.69, 9.17) is 4.74 Å². The molecule has 1 heterocycles. The number of nitro benzene ring substituents is 1.